The first-order chi connectivity index (χ1) is 15.4. The van der Waals surface area contributed by atoms with E-state index in [4.69, 9.17) is 9.47 Å². The van der Waals surface area contributed by atoms with Gasteiger partial charge in [-0.25, -0.2) is 0 Å². The molecule has 0 bridgehead atoms. The Labute approximate surface area is 206 Å². The van der Waals surface area contributed by atoms with Gasteiger partial charge in [0.25, 0.3) is 0 Å². The lowest BCUT2D eigenvalue weighted by atomic mass is 9.83. The van der Waals surface area contributed by atoms with Crippen molar-refractivity contribution in [3.05, 3.63) is 22.3 Å². The summed E-state index contributed by atoms with van der Waals surface area (Å²) in [6, 6.07) is 0. The molecule has 190 valence electrons. The zero-order valence-corrected chi connectivity index (χ0v) is 23.7. The molecule has 2 heteroatoms. The van der Waals surface area contributed by atoms with Crippen LogP contribution in [0.4, 0.5) is 0 Å². The molecule has 3 atom stereocenters. The van der Waals surface area contributed by atoms with Crippen molar-refractivity contribution in [3.8, 4) is 11.5 Å². The molecule has 0 radical (unpaired) electrons. The molecule has 0 N–H and O–H groups in total. The first-order valence-electron chi connectivity index (χ1n) is 13.9. The van der Waals surface area contributed by atoms with Crippen molar-refractivity contribution in [2.75, 3.05) is 0 Å². The summed E-state index contributed by atoms with van der Waals surface area (Å²) in [6.07, 6.45) is 13.1. The molecule has 1 aromatic carbocycles. The number of ether oxygens (including phenoxy) is 2. The van der Waals surface area contributed by atoms with Crippen molar-refractivity contribution in [1.29, 1.82) is 0 Å². The predicted molar refractivity (Wildman–Crippen MR) is 144 cm³/mol. The summed E-state index contributed by atoms with van der Waals surface area (Å²) in [5.74, 6) is 4.71. The van der Waals surface area contributed by atoms with Crippen LogP contribution in [-0.2, 0) is 6.42 Å². The zero-order valence-electron chi connectivity index (χ0n) is 23.7. The minimum Gasteiger partial charge on any atom is -0.490 e. The van der Waals surface area contributed by atoms with Crippen LogP contribution < -0.4 is 9.47 Å². The fraction of sp³-hybridized carbons (Fsp3) is 0.806. The number of fused-ring (bicyclic) bond motifs is 1. The molecule has 0 unspecified atom stereocenters. The van der Waals surface area contributed by atoms with Gasteiger partial charge in [-0.15, -0.1) is 0 Å². The van der Waals surface area contributed by atoms with Crippen LogP contribution >= 0.6 is 0 Å². The van der Waals surface area contributed by atoms with E-state index in [0.29, 0.717) is 0 Å². The Bertz CT molecular complexity index is 748. The van der Waals surface area contributed by atoms with E-state index in [0.717, 1.165) is 48.5 Å². The maximum atomic E-state index is 6.77. The minimum absolute atomic E-state index is 0.0462. The molecule has 0 aliphatic carbocycles. The van der Waals surface area contributed by atoms with Gasteiger partial charge < -0.3 is 9.47 Å². The molecule has 0 saturated heterocycles. The fourth-order valence-electron chi connectivity index (χ4n) is 5.40. The Kier molecular flexibility index (Phi) is 10.6. The van der Waals surface area contributed by atoms with Gasteiger partial charge in [-0.05, 0) is 102 Å². The first-order valence-corrected chi connectivity index (χ1v) is 13.9. The van der Waals surface area contributed by atoms with Crippen LogP contribution in [0.5, 0.6) is 11.5 Å². The summed E-state index contributed by atoms with van der Waals surface area (Å²) in [4.78, 5) is 0. The highest BCUT2D eigenvalue weighted by Crippen LogP contribution is 2.45. The summed E-state index contributed by atoms with van der Waals surface area (Å²) >= 11 is 0. The van der Waals surface area contributed by atoms with Crippen molar-refractivity contribution in [1.82, 2.24) is 0 Å². The molecule has 2 rings (SSSR count). The van der Waals surface area contributed by atoms with E-state index >= 15 is 0 Å². The number of rotatable bonds is 13. The third-order valence-electron chi connectivity index (χ3n) is 7.96. The van der Waals surface area contributed by atoms with Crippen LogP contribution in [0, 0.1) is 38.5 Å². The second kappa shape index (κ2) is 12.5. The predicted octanol–water partition coefficient (Wildman–Crippen LogP) is 9.53. The van der Waals surface area contributed by atoms with E-state index in [-0.39, 0.29) is 11.7 Å². The molecule has 1 aliphatic heterocycles. The number of hydrogen-bond donors (Lipinski definition) is 0. The third-order valence-corrected chi connectivity index (χ3v) is 7.96. The number of benzene rings is 1. The Balaban J connectivity index is 1.87. The largest absolute Gasteiger partial charge is 0.490 e. The van der Waals surface area contributed by atoms with Gasteiger partial charge in [0.1, 0.15) is 17.1 Å². The van der Waals surface area contributed by atoms with Crippen molar-refractivity contribution >= 4 is 0 Å². The molecule has 0 spiro atoms. The molecule has 2 nitrogen and oxygen atoms in total. The summed E-state index contributed by atoms with van der Waals surface area (Å²) < 4.78 is 13.0. The SMILES string of the molecule is Cc1c(C)c2c(c(C)c1OC(C)C)CC[C@@](C)(CC[C@H](C)CCC[C@H](C)CCCC(C)C)O2. The quantitative estimate of drug-likeness (QED) is 0.293. The van der Waals surface area contributed by atoms with Gasteiger partial charge >= 0.3 is 0 Å². The van der Waals surface area contributed by atoms with Crippen molar-refractivity contribution in [2.45, 2.75) is 145 Å². The molecule has 1 heterocycles. The van der Waals surface area contributed by atoms with Crippen LogP contribution in [0.2, 0.25) is 0 Å². The molecule has 0 fully saturated rings. The van der Waals surface area contributed by atoms with Crippen LogP contribution in [0.25, 0.3) is 0 Å². The highest BCUT2D eigenvalue weighted by Gasteiger charge is 2.35. The number of hydrogen-bond acceptors (Lipinski definition) is 2. The standard InChI is InChI=1S/C31H54O2/c1-21(2)13-11-14-23(5)15-12-16-24(6)17-19-31(10)20-18-28-27(9)29(32-22(3)4)25(7)26(8)30(28)33-31/h21-24H,11-20H2,1-10H3/t23-,24-,31-/m1/s1. The van der Waals surface area contributed by atoms with E-state index in [1.807, 2.05) is 0 Å². The van der Waals surface area contributed by atoms with E-state index in [2.05, 4.69) is 69.2 Å². The van der Waals surface area contributed by atoms with Gasteiger partial charge in [-0.3, -0.25) is 0 Å². The highest BCUT2D eigenvalue weighted by atomic mass is 16.5. The Morgan fingerprint density at radius 2 is 1.36 bits per heavy atom. The summed E-state index contributed by atoms with van der Waals surface area (Å²) in [5.41, 5.74) is 5.09. The van der Waals surface area contributed by atoms with Crippen molar-refractivity contribution in [2.24, 2.45) is 17.8 Å². The first kappa shape index (κ1) is 28.1. The van der Waals surface area contributed by atoms with Gasteiger partial charge in [-0.1, -0.05) is 66.2 Å². The lowest BCUT2D eigenvalue weighted by Crippen LogP contribution is -2.37. The van der Waals surface area contributed by atoms with Gasteiger partial charge in [0.15, 0.2) is 0 Å². The molecule has 1 aliphatic rings. The monoisotopic (exact) mass is 458 g/mol. The smallest absolute Gasteiger partial charge is 0.127 e. The van der Waals surface area contributed by atoms with Crippen molar-refractivity contribution in [3.63, 3.8) is 0 Å². The van der Waals surface area contributed by atoms with Crippen LogP contribution in [-0.4, -0.2) is 11.7 Å². The van der Waals surface area contributed by atoms with Gasteiger partial charge in [0.05, 0.1) is 6.10 Å². The average Bonchev–Trinajstić information content (AvgIpc) is 2.73. The van der Waals surface area contributed by atoms with E-state index in [1.54, 1.807) is 0 Å². The summed E-state index contributed by atoms with van der Waals surface area (Å²) in [6.45, 7) is 22.7. The second-order valence-corrected chi connectivity index (χ2v) is 12.2. The zero-order chi connectivity index (χ0) is 24.8. The lowest BCUT2D eigenvalue weighted by molar-refractivity contribution is 0.0482. The maximum absolute atomic E-state index is 6.77. The second-order valence-electron chi connectivity index (χ2n) is 12.2. The summed E-state index contributed by atoms with van der Waals surface area (Å²) in [5, 5.41) is 0. The minimum atomic E-state index is -0.0462. The van der Waals surface area contributed by atoms with Gasteiger partial charge in [0.2, 0.25) is 0 Å². The van der Waals surface area contributed by atoms with E-state index in [9.17, 15) is 0 Å². The van der Waals surface area contributed by atoms with E-state index < -0.39 is 0 Å². The maximum Gasteiger partial charge on any atom is 0.127 e. The normalized spacial score (nSPS) is 20.0. The molecular formula is C31H54O2. The van der Waals surface area contributed by atoms with Crippen LogP contribution in [0.3, 0.4) is 0 Å². The Hall–Kier alpha value is -1.18. The Morgan fingerprint density at radius 3 is 1.94 bits per heavy atom. The molecule has 0 aromatic heterocycles. The average molecular weight is 459 g/mol. The molecule has 33 heavy (non-hydrogen) atoms. The van der Waals surface area contributed by atoms with Gasteiger partial charge in [-0.2, -0.15) is 0 Å². The van der Waals surface area contributed by atoms with Crippen molar-refractivity contribution < 1.29 is 9.47 Å². The summed E-state index contributed by atoms with van der Waals surface area (Å²) in [7, 11) is 0. The lowest BCUT2D eigenvalue weighted by Gasteiger charge is -2.39. The molecule has 0 saturated carbocycles. The highest BCUT2D eigenvalue weighted by molar-refractivity contribution is 5.59. The van der Waals surface area contributed by atoms with Crippen LogP contribution in [0.15, 0.2) is 0 Å². The molecule has 1 aromatic rings. The molecular weight excluding hydrogens is 404 g/mol. The Morgan fingerprint density at radius 1 is 0.788 bits per heavy atom. The van der Waals surface area contributed by atoms with E-state index in [1.165, 1.54) is 67.2 Å². The third kappa shape index (κ3) is 8.22. The topological polar surface area (TPSA) is 18.5 Å². The van der Waals surface area contributed by atoms with Gasteiger partial charge in [0, 0.05) is 5.56 Å². The molecule has 0 amide bonds. The van der Waals surface area contributed by atoms with Crippen LogP contribution in [0.1, 0.15) is 129 Å². The fourth-order valence-corrected chi connectivity index (χ4v) is 5.40.